The topological polar surface area (TPSA) is 90.7 Å². The molecule has 0 aliphatic carbocycles. The standard InChI is InChI=1S/C17H20N2O5/c1-10(2)22-14-7-5-13(6-8-14)17(21)23-12(4)16(20)18-15-9-11(3)24-19-15/h5-10,12H,1-4H3,(H,18,19,20)/t12-/m0/s1. The second-order valence-electron chi connectivity index (χ2n) is 5.55. The van der Waals surface area contributed by atoms with Crippen LogP contribution in [0, 0.1) is 6.92 Å². The molecule has 0 saturated carbocycles. The number of carbonyl (C=O) groups is 2. The molecule has 1 aromatic carbocycles. The SMILES string of the molecule is Cc1cc(NC(=O)[C@H](C)OC(=O)c2ccc(OC(C)C)cc2)no1. The molecule has 1 heterocycles. The Hall–Kier alpha value is -2.83. The number of nitrogens with one attached hydrogen (secondary N) is 1. The summed E-state index contributed by atoms with van der Waals surface area (Å²) in [6, 6.07) is 8.11. The van der Waals surface area contributed by atoms with Crippen molar-refractivity contribution in [3.8, 4) is 5.75 Å². The molecule has 7 nitrogen and oxygen atoms in total. The number of aromatic nitrogens is 1. The zero-order valence-electron chi connectivity index (χ0n) is 14.0. The van der Waals surface area contributed by atoms with Gasteiger partial charge in [0.1, 0.15) is 11.5 Å². The van der Waals surface area contributed by atoms with Crippen LogP contribution >= 0.6 is 0 Å². The summed E-state index contributed by atoms with van der Waals surface area (Å²) in [4.78, 5) is 24.0. The van der Waals surface area contributed by atoms with Gasteiger partial charge in [-0.25, -0.2) is 4.79 Å². The first-order valence-corrected chi connectivity index (χ1v) is 7.57. The summed E-state index contributed by atoms with van der Waals surface area (Å²) in [7, 11) is 0. The van der Waals surface area contributed by atoms with Gasteiger partial charge in [0.25, 0.3) is 5.91 Å². The number of aryl methyl sites for hydroxylation is 1. The first-order chi connectivity index (χ1) is 11.3. The monoisotopic (exact) mass is 332 g/mol. The Bertz CT molecular complexity index is 706. The maximum Gasteiger partial charge on any atom is 0.338 e. The lowest BCUT2D eigenvalue weighted by atomic mass is 10.2. The highest BCUT2D eigenvalue weighted by atomic mass is 16.5. The number of carbonyl (C=O) groups excluding carboxylic acids is 2. The van der Waals surface area contributed by atoms with E-state index in [1.165, 1.54) is 6.92 Å². The molecule has 128 valence electrons. The summed E-state index contributed by atoms with van der Waals surface area (Å²) < 4.78 is 15.5. The lowest BCUT2D eigenvalue weighted by Gasteiger charge is -2.13. The van der Waals surface area contributed by atoms with Crippen molar-refractivity contribution in [3.05, 3.63) is 41.7 Å². The summed E-state index contributed by atoms with van der Waals surface area (Å²) in [5.41, 5.74) is 0.336. The van der Waals surface area contributed by atoms with Gasteiger partial charge < -0.3 is 19.3 Å². The highest BCUT2D eigenvalue weighted by Gasteiger charge is 2.20. The van der Waals surface area contributed by atoms with Crippen molar-refractivity contribution in [2.45, 2.75) is 39.9 Å². The molecule has 1 amide bonds. The molecular formula is C17H20N2O5. The second-order valence-corrected chi connectivity index (χ2v) is 5.55. The van der Waals surface area contributed by atoms with E-state index in [-0.39, 0.29) is 11.9 Å². The fourth-order valence-corrected chi connectivity index (χ4v) is 1.88. The third kappa shape index (κ3) is 4.84. The highest BCUT2D eigenvalue weighted by Crippen LogP contribution is 2.15. The summed E-state index contributed by atoms with van der Waals surface area (Å²) in [5, 5.41) is 6.16. The number of esters is 1. The molecule has 0 saturated heterocycles. The lowest BCUT2D eigenvalue weighted by Crippen LogP contribution is -2.30. The van der Waals surface area contributed by atoms with Gasteiger partial charge in [0, 0.05) is 6.07 Å². The van der Waals surface area contributed by atoms with Crippen LogP contribution < -0.4 is 10.1 Å². The molecule has 0 aliphatic heterocycles. The van der Waals surface area contributed by atoms with Crippen LogP contribution in [0.4, 0.5) is 5.82 Å². The second kappa shape index (κ2) is 7.63. The van der Waals surface area contributed by atoms with Gasteiger partial charge in [0.15, 0.2) is 11.9 Å². The van der Waals surface area contributed by atoms with Crippen molar-refractivity contribution in [1.82, 2.24) is 5.16 Å². The summed E-state index contributed by atoms with van der Waals surface area (Å²) in [6.45, 7) is 7.02. The molecule has 24 heavy (non-hydrogen) atoms. The number of anilines is 1. The van der Waals surface area contributed by atoms with E-state index in [0.717, 1.165) is 0 Å². The van der Waals surface area contributed by atoms with Gasteiger partial charge in [-0.2, -0.15) is 0 Å². The molecule has 0 unspecified atom stereocenters. The number of amides is 1. The van der Waals surface area contributed by atoms with Gasteiger partial charge in [0.2, 0.25) is 0 Å². The van der Waals surface area contributed by atoms with Crippen LogP contribution in [0.5, 0.6) is 5.75 Å². The maximum atomic E-state index is 12.1. The molecule has 0 radical (unpaired) electrons. The highest BCUT2D eigenvalue weighted by molar-refractivity contribution is 5.96. The van der Waals surface area contributed by atoms with Crippen molar-refractivity contribution in [2.75, 3.05) is 5.32 Å². The van der Waals surface area contributed by atoms with Crippen molar-refractivity contribution < 1.29 is 23.6 Å². The zero-order chi connectivity index (χ0) is 17.7. The van der Waals surface area contributed by atoms with Crippen molar-refractivity contribution in [2.24, 2.45) is 0 Å². The zero-order valence-corrected chi connectivity index (χ0v) is 14.0. The Kier molecular flexibility index (Phi) is 5.57. The Morgan fingerprint density at radius 3 is 2.38 bits per heavy atom. The van der Waals surface area contributed by atoms with Crippen LogP contribution in [0.25, 0.3) is 0 Å². The number of hydrogen-bond acceptors (Lipinski definition) is 6. The van der Waals surface area contributed by atoms with Gasteiger partial charge >= 0.3 is 5.97 Å². The van der Waals surface area contributed by atoms with Crippen molar-refractivity contribution >= 4 is 17.7 Å². The number of hydrogen-bond donors (Lipinski definition) is 1. The van der Waals surface area contributed by atoms with Crippen LogP contribution in [-0.2, 0) is 9.53 Å². The summed E-state index contributed by atoms with van der Waals surface area (Å²) in [6.07, 6.45) is -0.923. The average molecular weight is 332 g/mol. The molecule has 1 atom stereocenters. The van der Waals surface area contributed by atoms with E-state index in [2.05, 4.69) is 10.5 Å². The van der Waals surface area contributed by atoms with Gasteiger partial charge in [0.05, 0.1) is 11.7 Å². The van der Waals surface area contributed by atoms with E-state index in [1.54, 1.807) is 37.3 Å². The fraction of sp³-hybridized carbons (Fsp3) is 0.353. The Morgan fingerprint density at radius 2 is 1.83 bits per heavy atom. The minimum absolute atomic E-state index is 0.0479. The molecule has 7 heteroatoms. The lowest BCUT2D eigenvalue weighted by molar-refractivity contribution is -0.123. The first-order valence-electron chi connectivity index (χ1n) is 7.57. The molecule has 2 aromatic rings. The van der Waals surface area contributed by atoms with Gasteiger partial charge in [-0.05, 0) is 52.0 Å². The molecule has 0 spiro atoms. The van der Waals surface area contributed by atoms with Crippen molar-refractivity contribution in [1.29, 1.82) is 0 Å². The smallest absolute Gasteiger partial charge is 0.338 e. The molecule has 0 aliphatic rings. The Morgan fingerprint density at radius 1 is 1.17 bits per heavy atom. The largest absolute Gasteiger partial charge is 0.491 e. The normalized spacial score (nSPS) is 11.9. The molecule has 1 aromatic heterocycles. The number of ether oxygens (including phenoxy) is 2. The summed E-state index contributed by atoms with van der Waals surface area (Å²) >= 11 is 0. The summed E-state index contributed by atoms with van der Waals surface area (Å²) in [5.74, 6) is 0.421. The molecule has 2 rings (SSSR count). The third-order valence-electron chi connectivity index (χ3n) is 2.99. The minimum Gasteiger partial charge on any atom is -0.491 e. The maximum absolute atomic E-state index is 12.1. The van der Waals surface area contributed by atoms with E-state index in [0.29, 0.717) is 17.1 Å². The molecule has 0 fully saturated rings. The fourth-order valence-electron chi connectivity index (χ4n) is 1.88. The van der Waals surface area contributed by atoms with E-state index in [1.807, 2.05) is 13.8 Å². The molecule has 0 bridgehead atoms. The van der Waals surface area contributed by atoms with E-state index in [4.69, 9.17) is 14.0 Å². The minimum atomic E-state index is -0.971. The number of nitrogens with zero attached hydrogens (tertiary/aromatic N) is 1. The van der Waals surface area contributed by atoms with Crippen LogP contribution in [0.2, 0.25) is 0 Å². The Balaban J connectivity index is 1.91. The van der Waals surface area contributed by atoms with Crippen LogP contribution in [0.15, 0.2) is 34.9 Å². The molecular weight excluding hydrogens is 312 g/mol. The van der Waals surface area contributed by atoms with E-state index < -0.39 is 18.0 Å². The predicted octanol–water partition coefficient (Wildman–Crippen LogP) is 2.95. The van der Waals surface area contributed by atoms with Crippen LogP contribution in [0.3, 0.4) is 0 Å². The van der Waals surface area contributed by atoms with Crippen LogP contribution in [-0.4, -0.2) is 29.2 Å². The number of benzene rings is 1. The average Bonchev–Trinajstić information content (AvgIpc) is 2.92. The number of rotatable bonds is 6. The predicted molar refractivity (Wildman–Crippen MR) is 87.0 cm³/mol. The third-order valence-corrected chi connectivity index (χ3v) is 2.99. The quantitative estimate of drug-likeness (QED) is 0.818. The molecule has 1 N–H and O–H groups in total. The van der Waals surface area contributed by atoms with Crippen LogP contribution in [0.1, 0.15) is 36.9 Å². The first kappa shape index (κ1) is 17.5. The Labute approximate surface area is 139 Å². The van der Waals surface area contributed by atoms with Gasteiger partial charge in [-0.3, -0.25) is 4.79 Å². The van der Waals surface area contributed by atoms with Gasteiger partial charge in [-0.15, -0.1) is 0 Å². The van der Waals surface area contributed by atoms with Gasteiger partial charge in [-0.1, -0.05) is 5.16 Å². The van der Waals surface area contributed by atoms with E-state index >= 15 is 0 Å². The van der Waals surface area contributed by atoms with Crippen molar-refractivity contribution in [3.63, 3.8) is 0 Å². The van der Waals surface area contributed by atoms with E-state index in [9.17, 15) is 9.59 Å².